The smallest absolute Gasteiger partial charge is 0.0700 e. The van der Waals surface area contributed by atoms with Crippen LogP contribution in [0.1, 0.15) is 39.5 Å². The average molecular weight is 271 g/mol. The van der Waals surface area contributed by atoms with Gasteiger partial charge >= 0.3 is 0 Å². The summed E-state index contributed by atoms with van der Waals surface area (Å²) in [6.07, 6.45) is 3.82. The first-order valence-corrected chi connectivity index (χ1v) is 7.01. The zero-order valence-corrected chi connectivity index (χ0v) is 11.9. The highest BCUT2D eigenvalue weighted by molar-refractivity contribution is 6.20. The summed E-state index contributed by atoms with van der Waals surface area (Å²) in [5, 5.41) is 0.477. The molecule has 0 amide bonds. The minimum absolute atomic E-state index is 0.238. The van der Waals surface area contributed by atoms with Crippen molar-refractivity contribution in [3.05, 3.63) is 0 Å². The maximum Gasteiger partial charge on any atom is 0.0700 e. The molecule has 0 N–H and O–H groups in total. The van der Waals surface area contributed by atoms with Crippen LogP contribution in [-0.4, -0.2) is 37.2 Å². The van der Waals surface area contributed by atoms with Crippen molar-refractivity contribution in [1.29, 1.82) is 0 Å². The molecule has 0 rings (SSSR count). The molecule has 0 aliphatic rings. The van der Waals surface area contributed by atoms with Gasteiger partial charge in [-0.2, -0.15) is 0 Å². The zero-order chi connectivity index (χ0) is 12.2. The highest BCUT2D eigenvalue weighted by atomic mass is 35.5. The molecule has 0 aromatic rings. The van der Waals surface area contributed by atoms with Crippen LogP contribution in [-0.2, 0) is 9.47 Å². The first-order valence-electron chi connectivity index (χ1n) is 6.14. The van der Waals surface area contributed by atoms with Crippen molar-refractivity contribution >= 4 is 23.2 Å². The predicted molar refractivity (Wildman–Crippen MR) is 70.7 cm³/mol. The Hall–Kier alpha value is 0.500. The Labute approximate surface area is 110 Å². The fraction of sp³-hybridized carbons (Fsp3) is 1.00. The molecule has 0 aromatic carbocycles. The summed E-state index contributed by atoms with van der Waals surface area (Å²) in [5.41, 5.74) is 0. The van der Waals surface area contributed by atoms with Crippen molar-refractivity contribution in [3.63, 3.8) is 0 Å². The Morgan fingerprint density at radius 1 is 0.750 bits per heavy atom. The molecule has 0 aromatic heterocycles. The van der Waals surface area contributed by atoms with E-state index in [4.69, 9.17) is 32.7 Å². The van der Waals surface area contributed by atoms with Crippen molar-refractivity contribution in [2.24, 2.45) is 0 Å². The Bertz CT molecular complexity index is 129. The van der Waals surface area contributed by atoms with Crippen LogP contribution >= 0.6 is 23.2 Å². The number of ether oxygens (including phenoxy) is 2. The molecule has 0 saturated carbocycles. The Morgan fingerprint density at radius 2 is 1.12 bits per heavy atom. The van der Waals surface area contributed by atoms with Crippen LogP contribution in [0.25, 0.3) is 0 Å². The Balaban J connectivity index is 3.04. The van der Waals surface area contributed by atoms with Gasteiger partial charge in [0.05, 0.1) is 13.2 Å². The molecule has 4 heteroatoms. The summed E-state index contributed by atoms with van der Waals surface area (Å²) >= 11 is 11.9. The van der Waals surface area contributed by atoms with E-state index in [1.54, 1.807) is 0 Å². The summed E-state index contributed by atoms with van der Waals surface area (Å²) < 4.78 is 10.8. The molecule has 0 fully saturated rings. The third-order valence-electron chi connectivity index (χ3n) is 2.41. The van der Waals surface area contributed by atoms with Gasteiger partial charge in [0, 0.05) is 24.0 Å². The molecule has 16 heavy (non-hydrogen) atoms. The first kappa shape index (κ1) is 16.5. The molecule has 98 valence electrons. The summed E-state index contributed by atoms with van der Waals surface area (Å²) in [6.45, 7) is 6.89. The van der Waals surface area contributed by atoms with Crippen molar-refractivity contribution < 1.29 is 9.47 Å². The van der Waals surface area contributed by atoms with Gasteiger partial charge in [-0.3, -0.25) is 0 Å². The molecule has 0 spiro atoms. The van der Waals surface area contributed by atoms with E-state index in [-0.39, 0.29) is 10.8 Å². The molecule has 2 unspecified atom stereocenters. The fourth-order valence-electron chi connectivity index (χ4n) is 1.15. The van der Waals surface area contributed by atoms with E-state index in [0.717, 1.165) is 38.9 Å². The number of hydrogen-bond acceptors (Lipinski definition) is 2. The second-order valence-corrected chi connectivity index (χ2v) is 5.05. The monoisotopic (exact) mass is 270 g/mol. The Kier molecular flexibility index (Phi) is 12.3. The predicted octanol–water partition coefficient (Wildman–Crippen LogP) is 3.83. The average Bonchev–Trinajstić information content (AvgIpc) is 2.31. The summed E-state index contributed by atoms with van der Waals surface area (Å²) in [4.78, 5) is 0. The third-order valence-corrected chi connectivity index (χ3v) is 3.46. The quantitative estimate of drug-likeness (QED) is 0.420. The lowest BCUT2D eigenvalue weighted by Crippen LogP contribution is -2.10. The summed E-state index contributed by atoms with van der Waals surface area (Å²) in [6, 6.07) is 0. The maximum absolute atomic E-state index is 5.95. The number of halogens is 2. The van der Waals surface area contributed by atoms with Crippen LogP contribution in [0, 0.1) is 0 Å². The second kappa shape index (κ2) is 12.0. The second-order valence-electron chi connectivity index (χ2n) is 3.81. The molecule has 0 heterocycles. The Morgan fingerprint density at radius 3 is 1.44 bits per heavy atom. The molecular weight excluding hydrogens is 247 g/mol. The number of rotatable bonds is 11. The van der Waals surface area contributed by atoms with Gasteiger partial charge in [0.15, 0.2) is 0 Å². The lowest BCUT2D eigenvalue weighted by molar-refractivity contribution is 0.0455. The minimum atomic E-state index is 0.238. The van der Waals surface area contributed by atoms with E-state index in [0.29, 0.717) is 13.2 Å². The van der Waals surface area contributed by atoms with E-state index in [9.17, 15) is 0 Å². The summed E-state index contributed by atoms with van der Waals surface area (Å²) in [7, 11) is 0. The van der Waals surface area contributed by atoms with Gasteiger partial charge in [0.25, 0.3) is 0 Å². The largest absolute Gasteiger partial charge is 0.379 e. The van der Waals surface area contributed by atoms with Gasteiger partial charge in [-0.15, -0.1) is 23.2 Å². The van der Waals surface area contributed by atoms with Gasteiger partial charge in [0.2, 0.25) is 0 Å². The highest BCUT2D eigenvalue weighted by Crippen LogP contribution is 2.06. The van der Waals surface area contributed by atoms with Gasteiger partial charge in [-0.25, -0.2) is 0 Å². The van der Waals surface area contributed by atoms with Crippen LogP contribution < -0.4 is 0 Å². The SMILES string of the molecule is CCC(Cl)CCOCCOCCC(Cl)CC. The molecule has 2 atom stereocenters. The minimum Gasteiger partial charge on any atom is -0.379 e. The lowest BCUT2D eigenvalue weighted by atomic mass is 10.2. The van der Waals surface area contributed by atoms with Gasteiger partial charge in [-0.1, -0.05) is 13.8 Å². The molecule has 0 bridgehead atoms. The first-order chi connectivity index (χ1) is 7.70. The van der Waals surface area contributed by atoms with Gasteiger partial charge in [-0.05, 0) is 25.7 Å². The number of alkyl halides is 2. The fourth-order valence-corrected chi connectivity index (χ4v) is 1.33. The standard InChI is InChI=1S/C12H24Cl2O2/c1-3-11(13)5-7-15-9-10-16-8-6-12(14)4-2/h11-12H,3-10H2,1-2H3. The van der Waals surface area contributed by atoms with Crippen molar-refractivity contribution in [2.75, 3.05) is 26.4 Å². The maximum atomic E-state index is 5.95. The van der Waals surface area contributed by atoms with Crippen LogP contribution in [0.4, 0.5) is 0 Å². The van der Waals surface area contributed by atoms with Crippen molar-refractivity contribution in [3.8, 4) is 0 Å². The lowest BCUT2D eigenvalue weighted by Gasteiger charge is -2.09. The molecule has 2 nitrogen and oxygen atoms in total. The van der Waals surface area contributed by atoms with Crippen LogP contribution in [0.3, 0.4) is 0 Å². The molecule has 0 radical (unpaired) electrons. The van der Waals surface area contributed by atoms with E-state index in [1.807, 2.05) is 0 Å². The normalized spacial score (nSPS) is 15.0. The third kappa shape index (κ3) is 11.0. The molecule has 0 saturated heterocycles. The highest BCUT2D eigenvalue weighted by Gasteiger charge is 2.01. The molecular formula is C12H24Cl2O2. The van der Waals surface area contributed by atoms with Crippen molar-refractivity contribution in [2.45, 2.75) is 50.3 Å². The number of hydrogen-bond donors (Lipinski definition) is 0. The van der Waals surface area contributed by atoms with Gasteiger partial charge in [0.1, 0.15) is 0 Å². The van der Waals surface area contributed by atoms with Gasteiger partial charge < -0.3 is 9.47 Å². The van der Waals surface area contributed by atoms with Crippen LogP contribution in [0.15, 0.2) is 0 Å². The van der Waals surface area contributed by atoms with E-state index >= 15 is 0 Å². The van der Waals surface area contributed by atoms with Crippen LogP contribution in [0.2, 0.25) is 0 Å². The van der Waals surface area contributed by atoms with E-state index < -0.39 is 0 Å². The van der Waals surface area contributed by atoms with E-state index in [1.165, 1.54) is 0 Å². The van der Waals surface area contributed by atoms with Crippen LogP contribution in [0.5, 0.6) is 0 Å². The van der Waals surface area contributed by atoms with Crippen molar-refractivity contribution in [1.82, 2.24) is 0 Å². The summed E-state index contributed by atoms with van der Waals surface area (Å²) in [5.74, 6) is 0. The van der Waals surface area contributed by atoms with E-state index in [2.05, 4.69) is 13.8 Å². The molecule has 0 aliphatic heterocycles. The topological polar surface area (TPSA) is 18.5 Å². The zero-order valence-electron chi connectivity index (χ0n) is 10.4. The molecule has 0 aliphatic carbocycles.